The molecule has 0 aliphatic carbocycles. The zero-order valence-corrected chi connectivity index (χ0v) is 15.2. The van der Waals surface area contributed by atoms with E-state index in [1.165, 1.54) is 18.4 Å². The van der Waals surface area contributed by atoms with E-state index in [1.54, 1.807) is 24.3 Å². The fraction of sp³-hybridized carbons (Fsp3) is 0.0952. The molecule has 0 atom stereocenters. The summed E-state index contributed by atoms with van der Waals surface area (Å²) in [6, 6.07) is 18.9. The molecule has 0 aliphatic rings. The lowest BCUT2D eigenvalue weighted by atomic mass is 10.3. The second-order valence-electron chi connectivity index (χ2n) is 5.69. The zero-order chi connectivity index (χ0) is 20.5. The first-order valence-electron chi connectivity index (χ1n) is 8.59. The van der Waals surface area contributed by atoms with Crippen LogP contribution in [0.5, 0.6) is 17.2 Å². The predicted octanol–water partition coefficient (Wildman–Crippen LogP) is 2.95. The lowest BCUT2D eigenvalue weighted by Crippen LogP contribution is -2.34. The Labute approximate surface area is 166 Å². The summed E-state index contributed by atoms with van der Waals surface area (Å²) >= 11 is 0. The molecule has 3 aromatic rings. The molecule has 1 aromatic heterocycles. The molecule has 0 bridgehead atoms. The molecule has 8 heteroatoms. The van der Waals surface area contributed by atoms with Crippen LogP contribution in [0.1, 0.15) is 10.6 Å². The number of carbonyl (C=O) groups excluding carboxylic acids is 3. The van der Waals surface area contributed by atoms with Crippen molar-refractivity contribution in [1.82, 2.24) is 5.32 Å². The molecule has 8 nitrogen and oxygen atoms in total. The quantitative estimate of drug-likeness (QED) is 0.585. The van der Waals surface area contributed by atoms with Crippen LogP contribution in [0.3, 0.4) is 0 Å². The van der Waals surface area contributed by atoms with E-state index in [0.29, 0.717) is 17.2 Å². The predicted molar refractivity (Wildman–Crippen MR) is 101 cm³/mol. The lowest BCUT2D eigenvalue weighted by molar-refractivity contribution is -0.150. The average Bonchev–Trinajstić information content (AvgIpc) is 3.28. The Hall–Kier alpha value is -4.07. The van der Waals surface area contributed by atoms with Gasteiger partial charge in [0.05, 0.1) is 6.26 Å². The van der Waals surface area contributed by atoms with Gasteiger partial charge < -0.3 is 18.6 Å². The van der Waals surface area contributed by atoms with Crippen molar-refractivity contribution in [3.63, 3.8) is 0 Å². The van der Waals surface area contributed by atoms with E-state index in [4.69, 9.17) is 18.6 Å². The summed E-state index contributed by atoms with van der Waals surface area (Å²) in [7, 11) is 0. The molecule has 1 N–H and O–H groups in total. The molecule has 1 heterocycles. The molecule has 148 valence electrons. The van der Waals surface area contributed by atoms with Gasteiger partial charge >= 0.3 is 5.97 Å². The molecule has 2 aromatic carbocycles. The van der Waals surface area contributed by atoms with Crippen molar-refractivity contribution in [2.24, 2.45) is 0 Å². The highest BCUT2D eigenvalue weighted by Gasteiger charge is 2.14. The summed E-state index contributed by atoms with van der Waals surface area (Å²) in [4.78, 5) is 34.9. The van der Waals surface area contributed by atoms with Crippen molar-refractivity contribution in [2.75, 3.05) is 13.2 Å². The molecule has 29 heavy (non-hydrogen) atoms. The van der Waals surface area contributed by atoms with E-state index in [0.717, 1.165) is 0 Å². The Balaban J connectivity index is 1.37. The van der Waals surface area contributed by atoms with Crippen LogP contribution >= 0.6 is 0 Å². The lowest BCUT2D eigenvalue weighted by Gasteiger charge is -2.08. The summed E-state index contributed by atoms with van der Waals surface area (Å²) in [6.45, 7) is -1.00. The van der Waals surface area contributed by atoms with Crippen LogP contribution in [0.25, 0.3) is 0 Å². The first-order valence-corrected chi connectivity index (χ1v) is 8.59. The van der Waals surface area contributed by atoms with Gasteiger partial charge in [-0.1, -0.05) is 18.2 Å². The zero-order valence-electron chi connectivity index (χ0n) is 15.2. The monoisotopic (exact) mass is 395 g/mol. The van der Waals surface area contributed by atoms with Gasteiger partial charge in [0.2, 0.25) is 0 Å². The summed E-state index contributed by atoms with van der Waals surface area (Å²) in [6.07, 6.45) is 1.30. The van der Waals surface area contributed by atoms with Crippen LogP contribution in [0.15, 0.2) is 77.4 Å². The van der Waals surface area contributed by atoms with Gasteiger partial charge in [-0.05, 0) is 48.5 Å². The number of rotatable bonds is 8. The average molecular weight is 395 g/mol. The number of carbonyl (C=O) groups is 3. The highest BCUT2D eigenvalue weighted by Crippen LogP contribution is 2.23. The molecular formula is C21H17NO7. The number of hydrogen-bond acceptors (Lipinski definition) is 7. The first kappa shape index (κ1) is 19.7. The third-order valence-electron chi connectivity index (χ3n) is 3.52. The SMILES string of the molecule is O=C(COC(=O)COc1ccc(Oc2ccccc2)cc1)NC(=O)c1ccco1. The van der Waals surface area contributed by atoms with E-state index in [1.807, 2.05) is 35.6 Å². The van der Waals surface area contributed by atoms with Crippen molar-refractivity contribution in [1.29, 1.82) is 0 Å². The fourth-order valence-corrected chi connectivity index (χ4v) is 2.19. The van der Waals surface area contributed by atoms with Crippen molar-refractivity contribution in [2.45, 2.75) is 0 Å². The van der Waals surface area contributed by atoms with Crippen LogP contribution < -0.4 is 14.8 Å². The maximum Gasteiger partial charge on any atom is 0.344 e. The number of imide groups is 1. The van der Waals surface area contributed by atoms with E-state index < -0.39 is 31.0 Å². The molecule has 0 saturated heterocycles. The number of para-hydroxylation sites is 1. The third-order valence-corrected chi connectivity index (χ3v) is 3.52. The summed E-state index contributed by atoms with van der Waals surface area (Å²) < 4.78 is 20.6. The Morgan fingerprint density at radius 2 is 1.48 bits per heavy atom. The molecule has 0 radical (unpaired) electrons. The van der Waals surface area contributed by atoms with Crippen LogP contribution in [0, 0.1) is 0 Å². The highest BCUT2D eigenvalue weighted by molar-refractivity contribution is 6.03. The second-order valence-corrected chi connectivity index (χ2v) is 5.69. The van der Waals surface area contributed by atoms with Crippen molar-refractivity contribution in [3.05, 3.63) is 78.8 Å². The fourth-order valence-electron chi connectivity index (χ4n) is 2.19. The normalized spacial score (nSPS) is 10.1. The Morgan fingerprint density at radius 1 is 0.793 bits per heavy atom. The van der Waals surface area contributed by atoms with Gasteiger partial charge in [-0.3, -0.25) is 14.9 Å². The highest BCUT2D eigenvalue weighted by atomic mass is 16.6. The van der Waals surface area contributed by atoms with Gasteiger partial charge in [-0.2, -0.15) is 0 Å². The van der Waals surface area contributed by atoms with Gasteiger partial charge in [0.25, 0.3) is 11.8 Å². The van der Waals surface area contributed by atoms with Crippen LogP contribution in [-0.4, -0.2) is 31.0 Å². The minimum atomic E-state index is -0.776. The second kappa shape index (κ2) is 9.75. The first-order chi connectivity index (χ1) is 14.1. The molecular weight excluding hydrogens is 378 g/mol. The molecule has 0 fully saturated rings. The minimum absolute atomic E-state index is 0.0206. The number of hydrogen-bond donors (Lipinski definition) is 1. The number of nitrogens with one attached hydrogen (secondary N) is 1. The van der Waals surface area contributed by atoms with E-state index >= 15 is 0 Å². The Kier molecular flexibility index (Phi) is 6.62. The molecule has 2 amide bonds. The van der Waals surface area contributed by atoms with Gasteiger partial charge in [-0.25, -0.2) is 4.79 Å². The van der Waals surface area contributed by atoms with Gasteiger partial charge in [0.15, 0.2) is 19.0 Å². The molecule has 0 unspecified atom stereocenters. The van der Waals surface area contributed by atoms with Gasteiger partial charge in [0, 0.05) is 0 Å². The standard InChI is InChI=1S/C21H17NO7/c23-19(22-21(25)18-7-4-12-26-18)13-28-20(24)14-27-15-8-10-17(11-9-15)29-16-5-2-1-3-6-16/h1-12H,13-14H2,(H,22,23,25). The Bertz CT molecular complexity index is 950. The largest absolute Gasteiger partial charge is 0.482 e. The molecule has 0 saturated carbocycles. The van der Waals surface area contributed by atoms with E-state index in [-0.39, 0.29) is 5.76 Å². The number of benzene rings is 2. The third kappa shape index (κ3) is 6.24. The van der Waals surface area contributed by atoms with Crippen molar-refractivity contribution in [3.8, 4) is 17.2 Å². The van der Waals surface area contributed by atoms with Crippen LogP contribution in [0.4, 0.5) is 0 Å². The maximum absolute atomic E-state index is 11.7. The topological polar surface area (TPSA) is 104 Å². The molecule has 3 rings (SSSR count). The molecule has 0 spiro atoms. The number of esters is 1. The smallest absolute Gasteiger partial charge is 0.344 e. The van der Waals surface area contributed by atoms with Crippen molar-refractivity contribution < 1.29 is 33.0 Å². The van der Waals surface area contributed by atoms with E-state index in [9.17, 15) is 14.4 Å². The summed E-state index contributed by atoms with van der Waals surface area (Å²) in [5, 5.41) is 2.03. The van der Waals surface area contributed by atoms with Crippen LogP contribution in [0.2, 0.25) is 0 Å². The molecule has 0 aliphatic heterocycles. The minimum Gasteiger partial charge on any atom is -0.482 e. The van der Waals surface area contributed by atoms with Gasteiger partial charge in [0.1, 0.15) is 17.2 Å². The summed E-state index contributed by atoms with van der Waals surface area (Å²) in [5.41, 5.74) is 0. The summed E-state index contributed by atoms with van der Waals surface area (Å²) in [5.74, 6) is -0.521. The van der Waals surface area contributed by atoms with Gasteiger partial charge in [-0.15, -0.1) is 0 Å². The van der Waals surface area contributed by atoms with Crippen LogP contribution in [-0.2, 0) is 14.3 Å². The number of amides is 2. The maximum atomic E-state index is 11.7. The van der Waals surface area contributed by atoms with E-state index in [2.05, 4.69) is 0 Å². The Morgan fingerprint density at radius 3 is 2.17 bits per heavy atom. The number of ether oxygens (including phenoxy) is 3. The number of furan rings is 1. The van der Waals surface area contributed by atoms with Crippen molar-refractivity contribution >= 4 is 17.8 Å².